The largest absolute Gasteiger partial charge is 0.309 e. The van der Waals surface area contributed by atoms with Crippen molar-refractivity contribution in [1.29, 1.82) is 0 Å². The number of nitrogens with zero attached hydrogens (tertiary/aromatic N) is 2. The Labute approximate surface area is 193 Å². The standard InChI is InChI=1S/C31H24N2/c1-21-13-15-30-26(17-21)27-18-22(2)14-16-31(27)33(30)25-19-28(23-9-5-3-6-10-23)32-29(20-25)24-11-7-4-8-12-24/h3-20H,1-2H3. The predicted molar refractivity (Wildman–Crippen MR) is 139 cm³/mol. The minimum Gasteiger partial charge on any atom is -0.309 e. The van der Waals surface area contributed by atoms with Gasteiger partial charge < -0.3 is 4.57 Å². The second-order valence-electron chi connectivity index (χ2n) is 8.70. The summed E-state index contributed by atoms with van der Waals surface area (Å²) in [6, 6.07) is 38.7. The third-order valence-electron chi connectivity index (χ3n) is 6.28. The molecular weight excluding hydrogens is 400 g/mol. The van der Waals surface area contributed by atoms with Gasteiger partial charge in [0.25, 0.3) is 0 Å². The molecule has 0 aliphatic rings. The van der Waals surface area contributed by atoms with Crippen LogP contribution in [0.15, 0.2) is 109 Å². The minimum absolute atomic E-state index is 0.973. The van der Waals surface area contributed by atoms with Gasteiger partial charge in [0, 0.05) is 21.9 Å². The van der Waals surface area contributed by atoms with Crippen molar-refractivity contribution < 1.29 is 0 Å². The lowest BCUT2D eigenvalue weighted by molar-refractivity contribution is 1.16. The SMILES string of the molecule is Cc1ccc2c(c1)c1cc(C)ccc1n2-c1cc(-c2ccccc2)nc(-c2ccccc2)c1. The van der Waals surface area contributed by atoms with Crippen molar-refractivity contribution in [1.82, 2.24) is 9.55 Å². The summed E-state index contributed by atoms with van der Waals surface area (Å²) in [6.45, 7) is 4.32. The maximum atomic E-state index is 5.06. The van der Waals surface area contributed by atoms with Crippen LogP contribution in [0.5, 0.6) is 0 Å². The molecule has 6 aromatic rings. The summed E-state index contributed by atoms with van der Waals surface area (Å²) in [5.74, 6) is 0. The first-order valence-electron chi connectivity index (χ1n) is 11.3. The van der Waals surface area contributed by atoms with Crippen LogP contribution in [0.2, 0.25) is 0 Å². The van der Waals surface area contributed by atoms with Gasteiger partial charge in [-0.15, -0.1) is 0 Å². The molecule has 0 saturated heterocycles. The average molecular weight is 425 g/mol. The summed E-state index contributed by atoms with van der Waals surface area (Å²) in [6.07, 6.45) is 0. The van der Waals surface area contributed by atoms with Crippen LogP contribution in [0.4, 0.5) is 0 Å². The van der Waals surface area contributed by atoms with Crippen molar-refractivity contribution in [3.63, 3.8) is 0 Å². The number of fused-ring (bicyclic) bond motifs is 3. The van der Waals surface area contributed by atoms with E-state index in [0.717, 1.165) is 28.2 Å². The van der Waals surface area contributed by atoms with E-state index < -0.39 is 0 Å². The molecule has 0 fully saturated rings. The molecule has 0 N–H and O–H groups in total. The highest BCUT2D eigenvalue weighted by atomic mass is 15.0. The molecule has 0 spiro atoms. The fourth-order valence-corrected chi connectivity index (χ4v) is 4.69. The van der Waals surface area contributed by atoms with Crippen molar-refractivity contribution in [2.24, 2.45) is 0 Å². The first-order valence-corrected chi connectivity index (χ1v) is 11.3. The zero-order valence-electron chi connectivity index (χ0n) is 18.8. The molecule has 2 nitrogen and oxygen atoms in total. The van der Waals surface area contributed by atoms with Crippen LogP contribution in [0.25, 0.3) is 50.0 Å². The van der Waals surface area contributed by atoms with E-state index in [1.807, 2.05) is 12.1 Å². The topological polar surface area (TPSA) is 17.8 Å². The Balaban J connectivity index is 1.70. The van der Waals surface area contributed by atoms with E-state index in [1.54, 1.807) is 0 Å². The monoisotopic (exact) mass is 424 g/mol. The van der Waals surface area contributed by atoms with Gasteiger partial charge in [-0.2, -0.15) is 0 Å². The van der Waals surface area contributed by atoms with Crippen molar-refractivity contribution in [2.45, 2.75) is 13.8 Å². The smallest absolute Gasteiger partial charge is 0.0730 e. The Morgan fingerprint density at radius 1 is 0.515 bits per heavy atom. The molecule has 0 aliphatic heterocycles. The van der Waals surface area contributed by atoms with Gasteiger partial charge in [-0.1, -0.05) is 83.9 Å². The lowest BCUT2D eigenvalue weighted by Crippen LogP contribution is -1.98. The molecule has 33 heavy (non-hydrogen) atoms. The van der Waals surface area contributed by atoms with Crippen LogP contribution in [-0.2, 0) is 0 Å². The van der Waals surface area contributed by atoms with Crippen molar-refractivity contribution in [3.05, 3.63) is 120 Å². The first-order chi connectivity index (χ1) is 16.2. The number of rotatable bonds is 3. The summed E-state index contributed by atoms with van der Waals surface area (Å²) >= 11 is 0. The molecule has 0 unspecified atom stereocenters. The Morgan fingerprint density at radius 3 is 1.42 bits per heavy atom. The molecule has 0 aliphatic carbocycles. The van der Waals surface area contributed by atoms with E-state index in [1.165, 1.54) is 32.9 Å². The fourth-order valence-electron chi connectivity index (χ4n) is 4.69. The van der Waals surface area contributed by atoms with E-state index in [-0.39, 0.29) is 0 Å². The van der Waals surface area contributed by atoms with E-state index in [2.05, 4.69) is 115 Å². The zero-order chi connectivity index (χ0) is 22.4. The predicted octanol–water partition coefficient (Wildman–Crippen LogP) is 8.13. The molecule has 0 saturated carbocycles. The fraction of sp³-hybridized carbons (Fsp3) is 0.0645. The Morgan fingerprint density at radius 2 is 0.970 bits per heavy atom. The molecular formula is C31H24N2. The van der Waals surface area contributed by atoms with E-state index in [9.17, 15) is 0 Å². The normalized spacial score (nSPS) is 11.3. The second-order valence-corrected chi connectivity index (χ2v) is 8.70. The Kier molecular flexibility index (Phi) is 4.58. The van der Waals surface area contributed by atoms with Crippen LogP contribution < -0.4 is 0 Å². The average Bonchev–Trinajstić information content (AvgIpc) is 3.17. The minimum atomic E-state index is 0.973. The molecule has 0 bridgehead atoms. The number of pyridine rings is 1. The number of aromatic nitrogens is 2. The van der Waals surface area contributed by atoms with E-state index in [4.69, 9.17) is 4.98 Å². The maximum Gasteiger partial charge on any atom is 0.0730 e. The summed E-state index contributed by atoms with van der Waals surface area (Å²) in [4.78, 5) is 5.06. The molecule has 2 heteroatoms. The third-order valence-corrected chi connectivity index (χ3v) is 6.28. The van der Waals surface area contributed by atoms with Gasteiger partial charge >= 0.3 is 0 Å². The van der Waals surface area contributed by atoms with Crippen LogP contribution in [-0.4, -0.2) is 9.55 Å². The van der Waals surface area contributed by atoms with Crippen LogP contribution >= 0.6 is 0 Å². The molecule has 158 valence electrons. The Hall–Kier alpha value is -4.17. The second kappa shape index (κ2) is 7.75. The lowest BCUT2D eigenvalue weighted by Gasteiger charge is -2.13. The van der Waals surface area contributed by atoms with Crippen LogP contribution in [0, 0.1) is 13.8 Å². The summed E-state index contributed by atoms with van der Waals surface area (Å²) in [7, 11) is 0. The summed E-state index contributed by atoms with van der Waals surface area (Å²) < 4.78 is 2.38. The van der Waals surface area contributed by atoms with E-state index >= 15 is 0 Å². The molecule has 4 aromatic carbocycles. The van der Waals surface area contributed by atoms with Gasteiger partial charge in [-0.25, -0.2) is 4.98 Å². The van der Waals surface area contributed by atoms with Crippen molar-refractivity contribution >= 4 is 21.8 Å². The molecule has 0 amide bonds. The highest BCUT2D eigenvalue weighted by Gasteiger charge is 2.15. The van der Waals surface area contributed by atoms with Gasteiger partial charge in [0.2, 0.25) is 0 Å². The number of aryl methyl sites for hydroxylation is 2. The summed E-state index contributed by atoms with van der Waals surface area (Å²) in [5.41, 5.74) is 10.3. The molecule has 6 rings (SSSR count). The quantitative estimate of drug-likeness (QED) is 0.280. The Bertz CT molecular complexity index is 1490. The molecule has 0 radical (unpaired) electrons. The van der Waals surface area contributed by atoms with Crippen LogP contribution in [0.1, 0.15) is 11.1 Å². The van der Waals surface area contributed by atoms with E-state index in [0.29, 0.717) is 0 Å². The first kappa shape index (κ1) is 19.5. The number of benzene rings is 4. The zero-order valence-corrected chi connectivity index (χ0v) is 18.8. The van der Waals surface area contributed by atoms with Gasteiger partial charge in [-0.3, -0.25) is 0 Å². The number of hydrogen-bond donors (Lipinski definition) is 0. The van der Waals surface area contributed by atoms with Gasteiger partial charge in [-0.05, 0) is 50.2 Å². The molecule has 2 heterocycles. The summed E-state index contributed by atoms with van der Waals surface area (Å²) in [5, 5.41) is 2.57. The molecule has 2 aromatic heterocycles. The lowest BCUT2D eigenvalue weighted by atomic mass is 10.1. The van der Waals surface area contributed by atoms with Crippen molar-refractivity contribution in [2.75, 3.05) is 0 Å². The van der Waals surface area contributed by atoms with Crippen LogP contribution in [0.3, 0.4) is 0 Å². The number of hydrogen-bond acceptors (Lipinski definition) is 1. The van der Waals surface area contributed by atoms with Gasteiger partial charge in [0.05, 0.1) is 28.1 Å². The maximum absolute atomic E-state index is 5.06. The highest BCUT2D eigenvalue weighted by Crippen LogP contribution is 2.35. The third kappa shape index (κ3) is 3.41. The van der Waals surface area contributed by atoms with Gasteiger partial charge in [0.15, 0.2) is 0 Å². The van der Waals surface area contributed by atoms with Crippen molar-refractivity contribution in [3.8, 4) is 28.2 Å². The molecule has 0 atom stereocenters. The van der Waals surface area contributed by atoms with Gasteiger partial charge in [0.1, 0.15) is 0 Å². The highest BCUT2D eigenvalue weighted by molar-refractivity contribution is 6.09.